The van der Waals surface area contributed by atoms with E-state index in [9.17, 15) is 9.59 Å². The van der Waals surface area contributed by atoms with E-state index in [0.29, 0.717) is 25.9 Å². The third-order valence-electron chi connectivity index (χ3n) is 4.42. The maximum Gasteiger partial charge on any atom is 0.167 e. The first kappa shape index (κ1) is 21.2. The van der Waals surface area contributed by atoms with E-state index in [0.717, 1.165) is 19.3 Å². The number of hydrogen-bond acceptors (Lipinski definition) is 5. The average Bonchev–Trinajstić information content (AvgIpc) is 2.49. The molecule has 5 nitrogen and oxygen atoms in total. The molecule has 0 aliphatic rings. The molecular formula is C17H32O5. The Bertz CT molecular complexity index is 355. The SMILES string of the molecule is CCC(C)(OCCCCCC(=O)C(C)(CC)OOC)C(C)=O. The van der Waals surface area contributed by atoms with Crippen LogP contribution in [-0.4, -0.2) is 36.5 Å². The second kappa shape index (κ2) is 10.1. The molecule has 0 aromatic carbocycles. The molecule has 0 aromatic rings. The van der Waals surface area contributed by atoms with Crippen molar-refractivity contribution in [2.45, 2.75) is 84.3 Å². The Morgan fingerprint density at radius 1 is 0.955 bits per heavy atom. The Labute approximate surface area is 134 Å². The quantitative estimate of drug-likeness (QED) is 0.295. The number of ketones is 2. The summed E-state index contributed by atoms with van der Waals surface area (Å²) in [4.78, 5) is 33.4. The van der Waals surface area contributed by atoms with Crippen molar-refractivity contribution in [3.8, 4) is 0 Å². The van der Waals surface area contributed by atoms with E-state index in [1.165, 1.54) is 7.11 Å². The smallest absolute Gasteiger partial charge is 0.167 e. The van der Waals surface area contributed by atoms with Gasteiger partial charge >= 0.3 is 0 Å². The lowest BCUT2D eigenvalue weighted by Crippen LogP contribution is -2.37. The molecule has 0 fully saturated rings. The van der Waals surface area contributed by atoms with Crippen molar-refractivity contribution in [1.82, 2.24) is 0 Å². The first-order valence-corrected chi connectivity index (χ1v) is 8.15. The predicted octanol–water partition coefficient (Wildman–Crippen LogP) is 3.64. The fraction of sp³-hybridized carbons (Fsp3) is 0.882. The molecule has 5 heteroatoms. The fourth-order valence-corrected chi connectivity index (χ4v) is 2.07. The summed E-state index contributed by atoms with van der Waals surface area (Å²) >= 11 is 0. The van der Waals surface area contributed by atoms with Gasteiger partial charge in [-0.2, -0.15) is 0 Å². The highest BCUT2D eigenvalue weighted by molar-refractivity contribution is 5.86. The topological polar surface area (TPSA) is 61.8 Å². The summed E-state index contributed by atoms with van der Waals surface area (Å²) in [6.45, 7) is 9.52. The monoisotopic (exact) mass is 316 g/mol. The van der Waals surface area contributed by atoms with Crippen LogP contribution in [0.15, 0.2) is 0 Å². The Hall–Kier alpha value is -0.780. The summed E-state index contributed by atoms with van der Waals surface area (Å²) in [5, 5.41) is 0. The lowest BCUT2D eigenvalue weighted by atomic mass is 9.94. The van der Waals surface area contributed by atoms with E-state index < -0.39 is 11.2 Å². The second-order valence-corrected chi connectivity index (χ2v) is 6.06. The number of hydrogen-bond donors (Lipinski definition) is 0. The minimum absolute atomic E-state index is 0.0555. The van der Waals surface area contributed by atoms with Crippen molar-refractivity contribution in [1.29, 1.82) is 0 Å². The van der Waals surface area contributed by atoms with E-state index in [1.54, 1.807) is 13.8 Å². The molecule has 2 unspecified atom stereocenters. The molecule has 0 rings (SSSR count). The molecule has 0 spiro atoms. The van der Waals surface area contributed by atoms with Crippen LogP contribution in [0.2, 0.25) is 0 Å². The highest BCUT2D eigenvalue weighted by Gasteiger charge is 2.32. The van der Waals surface area contributed by atoms with Crippen LogP contribution in [0.3, 0.4) is 0 Å². The summed E-state index contributed by atoms with van der Waals surface area (Å²) in [6, 6.07) is 0. The van der Waals surface area contributed by atoms with Crippen molar-refractivity contribution in [3.63, 3.8) is 0 Å². The predicted molar refractivity (Wildman–Crippen MR) is 85.6 cm³/mol. The zero-order chi connectivity index (χ0) is 17.2. The van der Waals surface area contributed by atoms with Gasteiger partial charge < -0.3 is 4.74 Å². The molecular weight excluding hydrogens is 284 g/mol. The van der Waals surface area contributed by atoms with E-state index in [2.05, 4.69) is 4.89 Å². The van der Waals surface area contributed by atoms with Gasteiger partial charge in [-0.1, -0.05) is 20.3 Å². The molecule has 22 heavy (non-hydrogen) atoms. The van der Waals surface area contributed by atoms with E-state index in [4.69, 9.17) is 9.62 Å². The van der Waals surface area contributed by atoms with Gasteiger partial charge in [0.2, 0.25) is 0 Å². The fourth-order valence-electron chi connectivity index (χ4n) is 2.07. The molecule has 0 N–H and O–H groups in total. The van der Waals surface area contributed by atoms with Crippen LogP contribution in [0, 0.1) is 0 Å². The number of Topliss-reactive ketones (excluding diaryl/α,β-unsaturated/α-hetero) is 2. The molecule has 0 amide bonds. The van der Waals surface area contributed by atoms with Gasteiger partial charge in [0.05, 0.1) is 7.11 Å². The minimum atomic E-state index is -0.860. The minimum Gasteiger partial charge on any atom is -0.368 e. The third kappa shape index (κ3) is 6.55. The molecule has 0 aromatic heterocycles. The highest BCUT2D eigenvalue weighted by atomic mass is 17.2. The van der Waals surface area contributed by atoms with Crippen LogP contribution in [0.1, 0.15) is 73.1 Å². The molecule has 0 saturated heterocycles. The average molecular weight is 316 g/mol. The Kier molecular flexibility index (Phi) is 9.72. The van der Waals surface area contributed by atoms with E-state index in [-0.39, 0.29) is 11.6 Å². The second-order valence-electron chi connectivity index (χ2n) is 6.06. The van der Waals surface area contributed by atoms with Crippen molar-refractivity contribution in [2.24, 2.45) is 0 Å². The Morgan fingerprint density at radius 3 is 2.00 bits per heavy atom. The number of carbonyl (C=O) groups is 2. The van der Waals surface area contributed by atoms with Gasteiger partial charge in [0.1, 0.15) is 5.60 Å². The maximum atomic E-state index is 12.1. The van der Waals surface area contributed by atoms with Gasteiger partial charge in [-0.15, -0.1) is 0 Å². The van der Waals surface area contributed by atoms with Gasteiger partial charge in [0.15, 0.2) is 17.2 Å². The summed E-state index contributed by atoms with van der Waals surface area (Å²) in [5.74, 6) is 0.112. The molecule has 0 heterocycles. The van der Waals surface area contributed by atoms with Crippen LogP contribution in [0.5, 0.6) is 0 Å². The first-order chi connectivity index (χ1) is 10.3. The van der Waals surface area contributed by atoms with Crippen molar-refractivity contribution >= 4 is 11.6 Å². The standard InChI is InChI=1S/C17H32O5/c1-7-16(4,14(3)18)21-13-11-9-10-12-15(19)17(5,8-2)22-20-6/h7-13H2,1-6H3. The molecule has 0 saturated carbocycles. The molecule has 0 bridgehead atoms. The van der Waals surface area contributed by atoms with Crippen LogP contribution < -0.4 is 0 Å². The van der Waals surface area contributed by atoms with Crippen LogP contribution in [0.25, 0.3) is 0 Å². The van der Waals surface area contributed by atoms with E-state index in [1.807, 2.05) is 20.8 Å². The lowest BCUT2D eigenvalue weighted by molar-refractivity contribution is -0.329. The number of unbranched alkanes of at least 4 members (excludes halogenated alkanes) is 2. The van der Waals surface area contributed by atoms with Crippen molar-refractivity contribution in [2.75, 3.05) is 13.7 Å². The summed E-state index contributed by atoms with van der Waals surface area (Å²) in [6.07, 6.45) is 4.22. The van der Waals surface area contributed by atoms with Crippen LogP contribution in [-0.2, 0) is 24.1 Å². The van der Waals surface area contributed by atoms with Crippen molar-refractivity contribution in [3.05, 3.63) is 0 Å². The van der Waals surface area contributed by atoms with Gasteiger partial charge in [0, 0.05) is 13.0 Å². The normalized spacial score (nSPS) is 16.8. The summed E-state index contributed by atoms with van der Waals surface area (Å²) in [5.41, 5.74) is -1.54. The number of rotatable bonds is 13. The molecule has 0 radical (unpaired) electrons. The number of ether oxygens (including phenoxy) is 1. The Morgan fingerprint density at radius 2 is 1.55 bits per heavy atom. The first-order valence-electron chi connectivity index (χ1n) is 8.15. The molecule has 0 aliphatic heterocycles. The number of carbonyl (C=O) groups excluding carboxylic acids is 2. The lowest BCUT2D eigenvalue weighted by Gasteiger charge is -2.26. The summed E-state index contributed by atoms with van der Waals surface area (Å²) < 4.78 is 5.70. The molecule has 130 valence electrons. The molecule has 0 aliphatic carbocycles. The zero-order valence-electron chi connectivity index (χ0n) is 15.0. The van der Waals surface area contributed by atoms with Crippen LogP contribution >= 0.6 is 0 Å². The zero-order valence-corrected chi connectivity index (χ0v) is 15.0. The van der Waals surface area contributed by atoms with Gasteiger partial charge in [-0.3, -0.25) is 9.59 Å². The largest absolute Gasteiger partial charge is 0.368 e. The molecule has 2 atom stereocenters. The van der Waals surface area contributed by atoms with Crippen molar-refractivity contribution < 1.29 is 24.1 Å². The van der Waals surface area contributed by atoms with Crippen LogP contribution in [0.4, 0.5) is 0 Å². The van der Waals surface area contributed by atoms with Gasteiger partial charge in [-0.25, -0.2) is 9.78 Å². The van der Waals surface area contributed by atoms with Gasteiger partial charge in [-0.05, 0) is 46.5 Å². The third-order valence-corrected chi connectivity index (χ3v) is 4.42. The highest BCUT2D eigenvalue weighted by Crippen LogP contribution is 2.21. The van der Waals surface area contributed by atoms with E-state index >= 15 is 0 Å². The van der Waals surface area contributed by atoms with Gasteiger partial charge in [0.25, 0.3) is 0 Å². The summed E-state index contributed by atoms with van der Waals surface area (Å²) in [7, 11) is 1.41. The Balaban J connectivity index is 3.99. The maximum absolute atomic E-state index is 12.1.